The second-order valence-corrected chi connectivity index (χ2v) is 5.10. The van der Waals surface area contributed by atoms with Crippen molar-refractivity contribution in [1.29, 1.82) is 0 Å². The summed E-state index contributed by atoms with van der Waals surface area (Å²) >= 11 is 7.34. The predicted molar refractivity (Wildman–Crippen MR) is 68.9 cm³/mol. The second kappa shape index (κ2) is 6.68. The lowest BCUT2D eigenvalue weighted by atomic mass is 10.3. The summed E-state index contributed by atoms with van der Waals surface area (Å²) in [6, 6.07) is 3.78. The topological polar surface area (TPSA) is 32.3 Å². The van der Waals surface area contributed by atoms with Gasteiger partial charge in [-0.3, -0.25) is 4.79 Å². The zero-order valence-corrected chi connectivity index (χ0v) is 10.8. The van der Waals surface area contributed by atoms with Crippen molar-refractivity contribution in [3.8, 4) is 0 Å². The summed E-state index contributed by atoms with van der Waals surface area (Å²) in [7, 11) is 1.76. The largest absolute Gasteiger partial charge is 0.333 e. The number of halogens is 1. The first-order chi connectivity index (χ1) is 7.67. The van der Waals surface area contributed by atoms with Crippen LogP contribution in [-0.2, 0) is 11.3 Å². The predicted octanol–water partition coefficient (Wildman–Crippen LogP) is 2.14. The van der Waals surface area contributed by atoms with Crippen molar-refractivity contribution in [1.82, 2.24) is 10.2 Å². The lowest BCUT2D eigenvalue weighted by Crippen LogP contribution is -2.36. The van der Waals surface area contributed by atoms with Gasteiger partial charge >= 0.3 is 0 Å². The molecule has 1 N–H and O–H groups in total. The molecule has 1 aromatic heterocycles. The number of rotatable bonds is 6. The van der Waals surface area contributed by atoms with Gasteiger partial charge in [0.1, 0.15) is 0 Å². The molecule has 1 amide bonds. The van der Waals surface area contributed by atoms with Crippen molar-refractivity contribution >= 4 is 28.8 Å². The van der Waals surface area contributed by atoms with Crippen molar-refractivity contribution in [2.24, 2.45) is 0 Å². The van der Waals surface area contributed by atoms with Crippen molar-refractivity contribution in [3.63, 3.8) is 0 Å². The molecule has 16 heavy (non-hydrogen) atoms. The maximum Gasteiger partial charge on any atom is 0.237 e. The molecule has 0 aliphatic heterocycles. The lowest BCUT2D eigenvalue weighted by Gasteiger charge is -2.20. The summed E-state index contributed by atoms with van der Waals surface area (Å²) in [6.45, 7) is 5.13. The van der Waals surface area contributed by atoms with Crippen LogP contribution in [0.1, 0.15) is 4.88 Å². The van der Waals surface area contributed by atoms with Crippen LogP contribution in [0, 0.1) is 0 Å². The van der Waals surface area contributed by atoms with Gasteiger partial charge in [0.15, 0.2) is 0 Å². The summed E-state index contributed by atoms with van der Waals surface area (Å²) in [5, 5.41) is 2.85. The third-order valence-corrected chi connectivity index (χ3v) is 3.22. The highest BCUT2D eigenvalue weighted by atomic mass is 35.5. The molecular weight excluding hydrogens is 244 g/mol. The van der Waals surface area contributed by atoms with Crippen LogP contribution in [0.5, 0.6) is 0 Å². The zero-order chi connectivity index (χ0) is 12.0. The molecule has 0 radical (unpaired) electrons. The number of nitrogens with one attached hydrogen (secondary N) is 1. The van der Waals surface area contributed by atoms with E-state index in [0.717, 1.165) is 9.21 Å². The molecule has 0 aliphatic rings. The minimum atomic E-state index is 0.0620. The quantitative estimate of drug-likeness (QED) is 0.793. The SMILES string of the molecule is C=CCN(Cc1ccc(Cl)s1)C(=O)CNC. The Labute approximate surface area is 105 Å². The van der Waals surface area contributed by atoms with Crippen LogP contribution in [-0.4, -0.2) is 30.9 Å². The summed E-state index contributed by atoms with van der Waals surface area (Å²) < 4.78 is 0.745. The number of nitrogens with zero attached hydrogens (tertiary/aromatic N) is 1. The Morgan fingerprint density at radius 3 is 2.94 bits per heavy atom. The third-order valence-electron chi connectivity index (χ3n) is 2.01. The molecule has 0 bridgehead atoms. The van der Waals surface area contributed by atoms with E-state index < -0.39 is 0 Å². The molecule has 1 aromatic rings. The molecule has 0 unspecified atom stereocenters. The fourth-order valence-corrected chi connectivity index (χ4v) is 2.40. The standard InChI is InChI=1S/C11H15ClN2OS/c1-3-6-14(11(15)7-13-2)8-9-4-5-10(12)16-9/h3-5,13H,1,6-8H2,2H3. The first kappa shape index (κ1) is 13.2. The van der Waals surface area contributed by atoms with Crippen LogP contribution in [0.2, 0.25) is 4.34 Å². The molecule has 0 aromatic carbocycles. The highest BCUT2D eigenvalue weighted by Crippen LogP contribution is 2.22. The van der Waals surface area contributed by atoms with E-state index in [1.807, 2.05) is 12.1 Å². The van der Waals surface area contributed by atoms with E-state index in [1.54, 1.807) is 18.0 Å². The number of likely N-dealkylation sites (N-methyl/N-ethyl adjacent to an activating group) is 1. The Morgan fingerprint density at radius 2 is 2.44 bits per heavy atom. The Bertz CT molecular complexity index is 365. The van der Waals surface area contributed by atoms with Crippen molar-refractivity contribution in [2.45, 2.75) is 6.54 Å². The molecule has 3 nitrogen and oxygen atoms in total. The average Bonchev–Trinajstić information content (AvgIpc) is 2.64. The van der Waals surface area contributed by atoms with E-state index in [2.05, 4.69) is 11.9 Å². The number of carbonyl (C=O) groups excluding carboxylic acids is 1. The van der Waals surface area contributed by atoms with Gasteiger partial charge in [-0.05, 0) is 19.2 Å². The molecule has 0 atom stereocenters. The Kier molecular flexibility index (Phi) is 5.52. The van der Waals surface area contributed by atoms with E-state index >= 15 is 0 Å². The van der Waals surface area contributed by atoms with Gasteiger partial charge in [-0.25, -0.2) is 0 Å². The van der Waals surface area contributed by atoms with Gasteiger partial charge in [-0.2, -0.15) is 0 Å². The van der Waals surface area contributed by atoms with Crippen LogP contribution in [0.4, 0.5) is 0 Å². The molecule has 0 aliphatic carbocycles. The van der Waals surface area contributed by atoms with Crippen LogP contribution >= 0.6 is 22.9 Å². The normalized spacial score (nSPS) is 10.1. The minimum absolute atomic E-state index is 0.0620. The first-order valence-corrected chi connectivity index (χ1v) is 6.14. The monoisotopic (exact) mass is 258 g/mol. The molecule has 0 fully saturated rings. The van der Waals surface area contributed by atoms with Crippen molar-refractivity contribution < 1.29 is 4.79 Å². The third kappa shape index (κ3) is 3.96. The first-order valence-electron chi connectivity index (χ1n) is 4.95. The van der Waals surface area contributed by atoms with Gasteiger partial charge in [-0.15, -0.1) is 17.9 Å². The Balaban J connectivity index is 2.63. The highest BCUT2D eigenvalue weighted by molar-refractivity contribution is 7.16. The summed E-state index contributed by atoms with van der Waals surface area (Å²) in [4.78, 5) is 14.6. The van der Waals surface area contributed by atoms with Gasteiger partial charge in [-0.1, -0.05) is 17.7 Å². The van der Waals surface area contributed by atoms with Gasteiger partial charge in [0.2, 0.25) is 5.91 Å². The van der Waals surface area contributed by atoms with Crippen LogP contribution in [0.25, 0.3) is 0 Å². The molecule has 0 saturated heterocycles. The Hall–Kier alpha value is -0.840. The second-order valence-electron chi connectivity index (χ2n) is 3.30. The number of thiophene rings is 1. The van der Waals surface area contributed by atoms with Crippen molar-refractivity contribution in [2.75, 3.05) is 20.1 Å². The summed E-state index contributed by atoms with van der Waals surface area (Å²) in [6.07, 6.45) is 1.72. The van der Waals surface area contributed by atoms with E-state index in [4.69, 9.17) is 11.6 Å². The smallest absolute Gasteiger partial charge is 0.237 e. The van der Waals surface area contributed by atoms with Crippen molar-refractivity contribution in [3.05, 3.63) is 34.0 Å². The number of hydrogen-bond donors (Lipinski definition) is 1. The molecule has 1 rings (SSSR count). The molecule has 1 heterocycles. The van der Waals surface area contributed by atoms with Gasteiger partial charge < -0.3 is 10.2 Å². The summed E-state index contributed by atoms with van der Waals surface area (Å²) in [5.74, 6) is 0.0620. The maximum atomic E-state index is 11.7. The minimum Gasteiger partial charge on any atom is -0.333 e. The van der Waals surface area contributed by atoms with Crippen LogP contribution in [0.15, 0.2) is 24.8 Å². The number of amides is 1. The number of hydrogen-bond acceptors (Lipinski definition) is 3. The van der Waals surface area contributed by atoms with E-state index in [-0.39, 0.29) is 5.91 Å². The van der Waals surface area contributed by atoms with Crippen LogP contribution in [0.3, 0.4) is 0 Å². The maximum absolute atomic E-state index is 11.7. The molecule has 0 saturated carbocycles. The van der Waals surface area contributed by atoms with E-state index in [9.17, 15) is 4.79 Å². The Morgan fingerprint density at radius 1 is 1.69 bits per heavy atom. The van der Waals surface area contributed by atoms with Crippen LogP contribution < -0.4 is 5.32 Å². The van der Waals surface area contributed by atoms with Gasteiger partial charge in [0, 0.05) is 11.4 Å². The summed E-state index contributed by atoms with van der Waals surface area (Å²) in [5.41, 5.74) is 0. The van der Waals surface area contributed by atoms with Gasteiger partial charge in [0.05, 0.1) is 17.4 Å². The molecule has 0 spiro atoms. The molecule has 88 valence electrons. The fourth-order valence-electron chi connectivity index (χ4n) is 1.30. The fraction of sp³-hybridized carbons (Fsp3) is 0.364. The van der Waals surface area contributed by atoms with E-state index in [0.29, 0.717) is 19.6 Å². The molecular formula is C11H15ClN2OS. The lowest BCUT2D eigenvalue weighted by molar-refractivity contribution is -0.130. The number of carbonyl (C=O) groups is 1. The highest BCUT2D eigenvalue weighted by Gasteiger charge is 2.12. The van der Waals surface area contributed by atoms with E-state index in [1.165, 1.54) is 11.3 Å². The average molecular weight is 259 g/mol. The zero-order valence-electron chi connectivity index (χ0n) is 9.20. The van der Waals surface area contributed by atoms with Gasteiger partial charge in [0.25, 0.3) is 0 Å². The molecule has 5 heteroatoms.